The first kappa shape index (κ1) is 14.1. The van der Waals surface area contributed by atoms with Crippen LogP contribution in [0.15, 0.2) is 42.5 Å². The average molecular weight is 294 g/mol. The molecule has 1 N–H and O–H groups in total. The Hall–Kier alpha value is -2.84. The Balaban J connectivity index is 1.94. The average Bonchev–Trinajstić information content (AvgIpc) is 2.57. The maximum atomic E-state index is 11.7. The Kier molecular flexibility index (Phi) is 3.53. The number of anilines is 1. The molecule has 0 saturated carbocycles. The first-order valence-corrected chi connectivity index (χ1v) is 6.81. The topological polar surface area (TPSA) is 73.6 Å². The number of hydrogen-bond acceptors (Lipinski definition) is 4. The standard InChI is InChI=1S/C17H14N2O3/c1-19-14-8-13(6-7-15(14)22-10-16(19)20)17(21)12-4-2-11(9-18)3-5-12/h2-8,17,21H,10H2,1H3. The predicted octanol–water partition coefficient (Wildman–Crippen LogP) is 2.00. The third-order valence-electron chi connectivity index (χ3n) is 3.74. The third kappa shape index (κ3) is 2.41. The normalized spacial score (nSPS) is 14.8. The number of rotatable bonds is 2. The second kappa shape index (κ2) is 5.51. The molecule has 1 amide bonds. The summed E-state index contributed by atoms with van der Waals surface area (Å²) in [5.74, 6) is 0.496. The summed E-state index contributed by atoms with van der Waals surface area (Å²) in [7, 11) is 1.68. The largest absolute Gasteiger partial charge is 0.482 e. The minimum Gasteiger partial charge on any atom is -0.482 e. The monoisotopic (exact) mass is 294 g/mol. The van der Waals surface area contributed by atoms with Crippen LogP contribution in [-0.2, 0) is 4.79 Å². The van der Waals surface area contributed by atoms with Gasteiger partial charge in [-0.3, -0.25) is 4.79 Å². The fourth-order valence-electron chi connectivity index (χ4n) is 2.39. The maximum absolute atomic E-state index is 11.7. The SMILES string of the molecule is CN1C(=O)COc2ccc(C(O)c3ccc(C#N)cc3)cc21. The number of carbonyl (C=O) groups is 1. The van der Waals surface area contributed by atoms with Crippen molar-refractivity contribution in [3.63, 3.8) is 0 Å². The number of benzene rings is 2. The number of likely N-dealkylation sites (N-methyl/N-ethyl adjacent to an activating group) is 1. The van der Waals surface area contributed by atoms with Crippen molar-refractivity contribution in [1.82, 2.24) is 0 Å². The summed E-state index contributed by atoms with van der Waals surface area (Å²) in [4.78, 5) is 13.2. The fraction of sp³-hybridized carbons (Fsp3) is 0.176. The number of hydrogen-bond donors (Lipinski definition) is 1. The van der Waals surface area contributed by atoms with Crippen LogP contribution in [0.4, 0.5) is 5.69 Å². The number of fused-ring (bicyclic) bond motifs is 1. The van der Waals surface area contributed by atoms with Crippen LogP contribution in [0.3, 0.4) is 0 Å². The molecule has 2 aromatic rings. The molecule has 1 heterocycles. The molecule has 1 atom stereocenters. The Morgan fingerprint density at radius 3 is 2.59 bits per heavy atom. The van der Waals surface area contributed by atoms with Gasteiger partial charge in [-0.15, -0.1) is 0 Å². The molecule has 110 valence electrons. The number of amides is 1. The predicted molar refractivity (Wildman–Crippen MR) is 80.6 cm³/mol. The van der Waals surface area contributed by atoms with Crippen molar-refractivity contribution in [1.29, 1.82) is 5.26 Å². The number of aliphatic hydroxyl groups is 1. The van der Waals surface area contributed by atoms with Gasteiger partial charge in [-0.25, -0.2) is 0 Å². The fourth-order valence-corrected chi connectivity index (χ4v) is 2.39. The molecule has 5 nitrogen and oxygen atoms in total. The van der Waals surface area contributed by atoms with Crippen LogP contribution in [0.2, 0.25) is 0 Å². The Labute approximate surface area is 128 Å². The van der Waals surface area contributed by atoms with E-state index in [1.54, 1.807) is 49.5 Å². The molecule has 22 heavy (non-hydrogen) atoms. The molecule has 3 rings (SSSR count). The zero-order chi connectivity index (χ0) is 15.7. The van der Waals surface area contributed by atoms with Crippen molar-refractivity contribution in [2.24, 2.45) is 0 Å². The molecule has 0 bridgehead atoms. The summed E-state index contributed by atoms with van der Waals surface area (Å²) in [6, 6.07) is 14.1. The van der Waals surface area contributed by atoms with E-state index in [9.17, 15) is 9.90 Å². The van der Waals surface area contributed by atoms with E-state index in [1.807, 2.05) is 6.07 Å². The van der Waals surface area contributed by atoms with Crippen molar-refractivity contribution in [2.45, 2.75) is 6.10 Å². The molecule has 2 aromatic carbocycles. The van der Waals surface area contributed by atoms with Crippen LogP contribution in [0.25, 0.3) is 0 Å². The van der Waals surface area contributed by atoms with Gasteiger partial charge in [0.15, 0.2) is 6.61 Å². The summed E-state index contributed by atoms with van der Waals surface area (Å²) in [5.41, 5.74) is 2.53. The van der Waals surface area contributed by atoms with E-state index in [0.717, 1.165) is 0 Å². The lowest BCUT2D eigenvalue weighted by atomic mass is 9.99. The van der Waals surface area contributed by atoms with Gasteiger partial charge in [0.1, 0.15) is 11.9 Å². The number of aliphatic hydroxyl groups excluding tert-OH is 1. The molecule has 0 fully saturated rings. The van der Waals surface area contributed by atoms with Gasteiger partial charge in [-0.05, 0) is 35.4 Å². The molecular formula is C17H14N2O3. The van der Waals surface area contributed by atoms with Gasteiger partial charge in [-0.1, -0.05) is 18.2 Å². The molecular weight excluding hydrogens is 280 g/mol. The second-order valence-corrected chi connectivity index (χ2v) is 5.10. The van der Waals surface area contributed by atoms with E-state index in [1.165, 1.54) is 4.90 Å². The van der Waals surface area contributed by atoms with Gasteiger partial charge in [0.05, 0.1) is 17.3 Å². The molecule has 1 unspecified atom stereocenters. The lowest BCUT2D eigenvalue weighted by Crippen LogP contribution is -2.35. The quantitative estimate of drug-likeness (QED) is 0.919. The highest BCUT2D eigenvalue weighted by Crippen LogP contribution is 2.35. The highest BCUT2D eigenvalue weighted by molar-refractivity contribution is 5.97. The summed E-state index contributed by atoms with van der Waals surface area (Å²) in [6.07, 6.45) is -0.830. The second-order valence-electron chi connectivity index (χ2n) is 5.10. The van der Waals surface area contributed by atoms with Crippen LogP contribution in [-0.4, -0.2) is 24.7 Å². The molecule has 0 radical (unpaired) electrons. The molecule has 0 aromatic heterocycles. The minimum absolute atomic E-state index is 0.0288. The maximum Gasteiger partial charge on any atom is 0.264 e. The number of nitrogens with zero attached hydrogens (tertiary/aromatic N) is 2. The molecule has 0 aliphatic carbocycles. The van der Waals surface area contributed by atoms with Gasteiger partial charge >= 0.3 is 0 Å². The van der Waals surface area contributed by atoms with Gasteiger partial charge in [-0.2, -0.15) is 5.26 Å². The Morgan fingerprint density at radius 2 is 1.91 bits per heavy atom. The lowest BCUT2D eigenvalue weighted by Gasteiger charge is -2.27. The van der Waals surface area contributed by atoms with E-state index < -0.39 is 6.10 Å². The van der Waals surface area contributed by atoms with Gasteiger partial charge in [0.2, 0.25) is 0 Å². The van der Waals surface area contributed by atoms with Crippen LogP contribution < -0.4 is 9.64 Å². The van der Waals surface area contributed by atoms with Crippen LogP contribution >= 0.6 is 0 Å². The summed E-state index contributed by atoms with van der Waals surface area (Å²) < 4.78 is 5.37. The Bertz CT molecular complexity index is 762. The lowest BCUT2D eigenvalue weighted by molar-refractivity contribution is -0.120. The van der Waals surface area contributed by atoms with Crippen molar-refractivity contribution < 1.29 is 14.6 Å². The zero-order valence-corrected chi connectivity index (χ0v) is 12.0. The van der Waals surface area contributed by atoms with Crippen molar-refractivity contribution >= 4 is 11.6 Å². The third-order valence-corrected chi connectivity index (χ3v) is 3.74. The van der Waals surface area contributed by atoms with Crippen molar-refractivity contribution in [3.05, 3.63) is 59.2 Å². The highest BCUT2D eigenvalue weighted by atomic mass is 16.5. The molecule has 5 heteroatoms. The summed E-state index contributed by atoms with van der Waals surface area (Å²) >= 11 is 0. The first-order chi connectivity index (χ1) is 10.6. The van der Waals surface area contributed by atoms with Crippen LogP contribution in [0.5, 0.6) is 5.75 Å². The molecule has 0 spiro atoms. The molecule has 1 aliphatic rings. The zero-order valence-electron chi connectivity index (χ0n) is 12.0. The van der Waals surface area contributed by atoms with E-state index in [-0.39, 0.29) is 12.5 Å². The van der Waals surface area contributed by atoms with Gasteiger partial charge < -0.3 is 14.7 Å². The minimum atomic E-state index is -0.830. The van der Waals surface area contributed by atoms with Crippen molar-refractivity contribution in [2.75, 3.05) is 18.6 Å². The summed E-state index contributed by atoms with van der Waals surface area (Å²) in [6.45, 7) is 0.0288. The van der Waals surface area contributed by atoms with E-state index >= 15 is 0 Å². The van der Waals surface area contributed by atoms with Crippen LogP contribution in [0.1, 0.15) is 22.8 Å². The number of carbonyl (C=O) groups excluding carboxylic acids is 1. The van der Waals surface area contributed by atoms with Gasteiger partial charge in [0.25, 0.3) is 5.91 Å². The van der Waals surface area contributed by atoms with Crippen molar-refractivity contribution in [3.8, 4) is 11.8 Å². The van der Waals surface area contributed by atoms with Crippen LogP contribution in [0, 0.1) is 11.3 Å². The number of ether oxygens (including phenoxy) is 1. The van der Waals surface area contributed by atoms with E-state index in [2.05, 4.69) is 0 Å². The number of nitriles is 1. The van der Waals surface area contributed by atoms with E-state index in [0.29, 0.717) is 28.1 Å². The first-order valence-electron chi connectivity index (χ1n) is 6.81. The highest BCUT2D eigenvalue weighted by Gasteiger charge is 2.23. The molecule has 0 saturated heterocycles. The van der Waals surface area contributed by atoms with Gasteiger partial charge in [0, 0.05) is 7.05 Å². The summed E-state index contributed by atoms with van der Waals surface area (Å²) in [5, 5.41) is 19.3. The smallest absolute Gasteiger partial charge is 0.264 e. The van der Waals surface area contributed by atoms with E-state index in [4.69, 9.17) is 10.00 Å². The molecule has 1 aliphatic heterocycles. The Morgan fingerprint density at radius 1 is 1.23 bits per heavy atom.